The minimum atomic E-state index is 0.509. The van der Waals surface area contributed by atoms with Gasteiger partial charge in [0.2, 0.25) is 0 Å². The first-order valence-corrected chi connectivity index (χ1v) is 5.65. The number of hydrogen-bond acceptors (Lipinski definition) is 2. The van der Waals surface area contributed by atoms with E-state index >= 15 is 0 Å². The Kier molecular flexibility index (Phi) is 3.24. The van der Waals surface area contributed by atoms with Gasteiger partial charge in [-0.2, -0.15) is 0 Å². The highest BCUT2D eigenvalue weighted by Crippen LogP contribution is 2.35. The second-order valence-electron chi connectivity index (χ2n) is 2.83. The Bertz CT molecular complexity index is 503. The predicted molar refractivity (Wildman–Crippen MR) is 65.2 cm³/mol. The molecule has 0 fully saturated rings. The number of benzene rings is 1. The molecule has 1 aromatic heterocycles. The monoisotopic (exact) mass is 302 g/mol. The molecule has 0 unspecified atom stereocenters. The molecule has 1 heterocycles. The normalized spacial score (nSPS) is 10.3. The fourth-order valence-corrected chi connectivity index (χ4v) is 2.02. The van der Waals surface area contributed by atoms with Gasteiger partial charge in [0.25, 0.3) is 0 Å². The molecule has 0 bridgehead atoms. The average Bonchev–Trinajstić information content (AvgIpc) is 2.23. The SMILES string of the molecule is Clc1cccc(-c2cncnc2Br)c1Cl. The third-order valence-electron chi connectivity index (χ3n) is 1.91. The minimum Gasteiger partial charge on any atom is -0.244 e. The van der Waals surface area contributed by atoms with E-state index in [1.54, 1.807) is 12.3 Å². The van der Waals surface area contributed by atoms with E-state index in [-0.39, 0.29) is 0 Å². The van der Waals surface area contributed by atoms with Gasteiger partial charge in [0.05, 0.1) is 10.0 Å². The lowest BCUT2D eigenvalue weighted by atomic mass is 10.1. The molecule has 0 spiro atoms. The van der Waals surface area contributed by atoms with Crippen molar-refractivity contribution in [3.05, 3.63) is 45.4 Å². The molecule has 76 valence electrons. The molecule has 0 amide bonds. The standard InChI is InChI=1S/C10H5BrCl2N2/c11-10-7(4-14-5-15-10)6-2-1-3-8(12)9(6)13/h1-5H. The predicted octanol–water partition coefficient (Wildman–Crippen LogP) is 4.21. The number of hydrogen-bond donors (Lipinski definition) is 0. The van der Waals surface area contributed by atoms with Crippen molar-refractivity contribution < 1.29 is 0 Å². The summed E-state index contributed by atoms with van der Waals surface area (Å²) < 4.78 is 0.696. The molecule has 0 aliphatic rings. The van der Waals surface area contributed by atoms with Crippen LogP contribution in [0.4, 0.5) is 0 Å². The van der Waals surface area contributed by atoms with Gasteiger partial charge in [-0.15, -0.1) is 0 Å². The van der Waals surface area contributed by atoms with E-state index < -0.39 is 0 Å². The first-order chi connectivity index (χ1) is 7.20. The molecule has 2 rings (SSSR count). The Balaban J connectivity index is 2.65. The van der Waals surface area contributed by atoms with Crippen LogP contribution in [0.25, 0.3) is 11.1 Å². The molecule has 0 atom stereocenters. The van der Waals surface area contributed by atoms with Gasteiger partial charge in [-0.3, -0.25) is 0 Å². The summed E-state index contributed by atoms with van der Waals surface area (Å²) >= 11 is 15.4. The first kappa shape index (κ1) is 10.9. The first-order valence-electron chi connectivity index (χ1n) is 4.10. The molecule has 0 aliphatic heterocycles. The zero-order chi connectivity index (χ0) is 10.8. The maximum absolute atomic E-state index is 6.09. The Morgan fingerprint density at radius 1 is 1.13 bits per heavy atom. The molecule has 0 N–H and O–H groups in total. The van der Waals surface area contributed by atoms with Crippen LogP contribution in [-0.2, 0) is 0 Å². The van der Waals surface area contributed by atoms with Gasteiger partial charge in [0.15, 0.2) is 0 Å². The fourth-order valence-electron chi connectivity index (χ4n) is 1.21. The fraction of sp³-hybridized carbons (Fsp3) is 0. The zero-order valence-corrected chi connectivity index (χ0v) is 10.5. The van der Waals surface area contributed by atoms with Gasteiger partial charge in [-0.05, 0) is 22.0 Å². The summed E-state index contributed by atoms with van der Waals surface area (Å²) in [4.78, 5) is 7.98. The van der Waals surface area contributed by atoms with E-state index in [1.165, 1.54) is 6.33 Å². The van der Waals surface area contributed by atoms with Gasteiger partial charge in [0, 0.05) is 17.3 Å². The topological polar surface area (TPSA) is 25.8 Å². The molecule has 2 aromatic rings. The lowest BCUT2D eigenvalue weighted by Gasteiger charge is -2.06. The molecule has 15 heavy (non-hydrogen) atoms. The smallest absolute Gasteiger partial charge is 0.117 e. The van der Waals surface area contributed by atoms with Gasteiger partial charge in [-0.1, -0.05) is 35.3 Å². The summed E-state index contributed by atoms with van der Waals surface area (Å²) in [6, 6.07) is 5.45. The van der Waals surface area contributed by atoms with Crippen LogP contribution in [0.5, 0.6) is 0 Å². The van der Waals surface area contributed by atoms with Crippen molar-refractivity contribution in [2.24, 2.45) is 0 Å². The maximum atomic E-state index is 6.09. The Morgan fingerprint density at radius 3 is 2.67 bits per heavy atom. The summed E-state index contributed by atoms with van der Waals surface area (Å²) in [6.07, 6.45) is 3.15. The van der Waals surface area contributed by atoms with Crippen molar-refractivity contribution in [3.8, 4) is 11.1 Å². The van der Waals surface area contributed by atoms with Crippen molar-refractivity contribution in [2.45, 2.75) is 0 Å². The molecule has 0 radical (unpaired) electrons. The molecular weight excluding hydrogens is 299 g/mol. The van der Waals surface area contributed by atoms with E-state index in [2.05, 4.69) is 25.9 Å². The second-order valence-corrected chi connectivity index (χ2v) is 4.36. The number of halogens is 3. The summed E-state index contributed by atoms with van der Waals surface area (Å²) in [5.41, 5.74) is 1.64. The van der Waals surface area contributed by atoms with Crippen LogP contribution in [0, 0.1) is 0 Å². The van der Waals surface area contributed by atoms with Gasteiger partial charge in [-0.25, -0.2) is 9.97 Å². The quantitative estimate of drug-likeness (QED) is 0.737. The lowest BCUT2D eigenvalue weighted by Crippen LogP contribution is -1.86. The third-order valence-corrected chi connectivity index (χ3v) is 3.36. The van der Waals surface area contributed by atoms with E-state index in [0.29, 0.717) is 14.6 Å². The minimum absolute atomic E-state index is 0.509. The van der Waals surface area contributed by atoms with E-state index in [0.717, 1.165) is 11.1 Å². The largest absolute Gasteiger partial charge is 0.244 e. The van der Waals surface area contributed by atoms with Crippen molar-refractivity contribution in [3.63, 3.8) is 0 Å². The average molecular weight is 304 g/mol. The zero-order valence-electron chi connectivity index (χ0n) is 7.42. The summed E-state index contributed by atoms with van der Waals surface area (Å²) in [6.45, 7) is 0. The molecule has 0 aliphatic carbocycles. The van der Waals surface area contributed by atoms with E-state index in [9.17, 15) is 0 Å². The van der Waals surface area contributed by atoms with Crippen LogP contribution in [0.15, 0.2) is 35.3 Å². The van der Waals surface area contributed by atoms with Crippen molar-refractivity contribution >= 4 is 39.1 Å². The number of aromatic nitrogens is 2. The Hall–Kier alpha value is -0.640. The Morgan fingerprint density at radius 2 is 1.93 bits per heavy atom. The third kappa shape index (κ3) is 2.14. The maximum Gasteiger partial charge on any atom is 0.117 e. The molecule has 0 saturated carbocycles. The van der Waals surface area contributed by atoms with Crippen molar-refractivity contribution in [1.29, 1.82) is 0 Å². The molecular formula is C10H5BrCl2N2. The molecule has 1 aromatic carbocycles. The molecule has 0 saturated heterocycles. The highest BCUT2D eigenvalue weighted by molar-refractivity contribution is 9.10. The van der Waals surface area contributed by atoms with Crippen molar-refractivity contribution in [1.82, 2.24) is 9.97 Å². The van der Waals surface area contributed by atoms with Gasteiger partial charge >= 0.3 is 0 Å². The second kappa shape index (κ2) is 4.47. The van der Waals surface area contributed by atoms with Crippen LogP contribution in [0.2, 0.25) is 10.0 Å². The van der Waals surface area contributed by atoms with Crippen LogP contribution >= 0.6 is 39.1 Å². The van der Waals surface area contributed by atoms with Crippen molar-refractivity contribution in [2.75, 3.05) is 0 Å². The highest BCUT2D eigenvalue weighted by atomic mass is 79.9. The molecule has 5 heteroatoms. The van der Waals surface area contributed by atoms with E-state index in [1.807, 2.05) is 12.1 Å². The summed E-state index contributed by atoms with van der Waals surface area (Å²) in [5.74, 6) is 0. The Labute approximate surface area is 105 Å². The van der Waals surface area contributed by atoms with Crippen LogP contribution in [0.1, 0.15) is 0 Å². The summed E-state index contributed by atoms with van der Waals surface area (Å²) in [7, 11) is 0. The van der Waals surface area contributed by atoms with Crippen LogP contribution in [0.3, 0.4) is 0 Å². The van der Waals surface area contributed by atoms with E-state index in [4.69, 9.17) is 23.2 Å². The highest BCUT2D eigenvalue weighted by Gasteiger charge is 2.10. The van der Waals surface area contributed by atoms with Crippen LogP contribution < -0.4 is 0 Å². The van der Waals surface area contributed by atoms with Gasteiger partial charge in [0.1, 0.15) is 10.9 Å². The van der Waals surface area contributed by atoms with Crippen LogP contribution in [-0.4, -0.2) is 9.97 Å². The number of nitrogens with zero attached hydrogens (tertiary/aromatic N) is 2. The number of rotatable bonds is 1. The lowest BCUT2D eigenvalue weighted by molar-refractivity contribution is 1.14. The van der Waals surface area contributed by atoms with Gasteiger partial charge < -0.3 is 0 Å². The molecule has 2 nitrogen and oxygen atoms in total. The summed E-state index contributed by atoms with van der Waals surface area (Å²) in [5, 5.41) is 1.03.